The third-order valence-electron chi connectivity index (χ3n) is 3.10. The largest absolute Gasteiger partial charge is 0.478 e. The number of carbonyl (C=O) groups is 1. The molecule has 0 atom stereocenters. The molecule has 1 aliphatic rings. The van der Waals surface area contributed by atoms with Gasteiger partial charge in [-0.05, 0) is 30.9 Å². The lowest BCUT2D eigenvalue weighted by molar-refractivity contribution is 0.0696. The van der Waals surface area contributed by atoms with E-state index >= 15 is 0 Å². The number of aromatic carboxylic acids is 1. The molecule has 1 heterocycles. The van der Waals surface area contributed by atoms with E-state index in [-0.39, 0.29) is 5.56 Å². The molecule has 0 unspecified atom stereocenters. The average Bonchev–Trinajstić information content (AvgIpc) is 3.12. The van der Waals surface area contributed by atoms with Crippen molar-refractivity contribution in [1.82, 2.24) is 9.88 Å². The van der Waals surface area contributed by atoms with Crippen LogP contribution in [0, 0.1) is 5.92 Å². The van der Waals surface area contributed by atoms with Gasteiger partial charge in [-0.1, -0.05) is 13.8 Å². The van der Waals surface area contributed by atoms with Gasteiger partial charge in [-0.25, -0.2) is 4.79 Å². The molecule has 4 nitrogen and oxygen atoms in total. The molecule has 1 aromatic rings. The number of hydrogen-bond acceptors (Lipinski definition) is 3. The van der Waals surface area contributed by atoms with Crippen LogP contribution in [0.15, 0.2) is 18.3 Å². The molecule has 1 fully saturated rings. The number of carboxylic acids is 1. The highest BCUT2D eigenvalue weighted by Crippen LogP contribution is 2.28. The van der Waals surface area contributed by atoms with Crippen molar-refractivity contribution in [3.8, 4) is 0 Å². The maximum Gasteiger partial charge on any atom is 0.337 e. The Morgan fingerprint density at radius 3 is 2.67 bits per heavy atom. The fourth-order valence-electron chi connectivity index (χ4n) is 2.10. The summed E-state index contributed by atoms with van der Waals surface area (Å²) in [7, 11) is 0. The zero-order valence-electron chi connectivity index (χ0n) is 11.0. The minimum atomic E-state index is -0.921. The molecule has 0 aromatic carbocycles. The third-order valence-corrected chi connectivity index (χ3v) is 3.10. The number of pyridine rings is 1. The van der Waals surface area contributed by atoms with Gasteiger partial charge in [0.1, 0.15) is 0 Å². The van der Waals surface area contributed by atoms with Crippen LogP contribution in [0.4, 0.5) is 0 Å². The van der Waals surface area contributed by atoms with E-state index in [0.717, 1.165) is 18.8 Å². The molecule has 1 aliphatic carbocycles. The molecule has 0 saturated heterocycles. The van der Waals surface area contributed by atoms with Gasteiger partial charge in [0.2, 0.25) is 0 Å². The standard InChI is InChI=1S/C14H20N2O2/c1-10(2)8-16(13-5-6-13)9-12-4-3-11(7-15-12)14(17)18/h3-4,7,10,13H,5-6,8-9H2,1-2H3,(H,17,18). The predicted octanol–water partition coefficient (Wildman–Crippen LogP) is 2.40. The van der Waals surface area contributed by atoms with Crippen molar-refractivity contribution in [2.24, 2.45) is 5.92 Å². The van der Waals surface area contributed by atoms with Crippen LogP contribution in [0.5, 0.6) is 0 Å². The molecule has 1 aromatic heterocycles. The van der Waals surface area contributed by atoms with Crippen LogP contribution >= 0.6 is 0 Å². The first-order chi connectivity index (χ1) is 8.56. The van der Waals surface area contributed by atoms with Gasteiger partial charge in [-0.15, -0.1) is 0 Å². The van der Waals surface area contributed by atoms with E-state index in [2.05, 4.69) is 23.7 Å². The van der Waals surface area contributed by atoms with E-state index in [1.807, 2.05) is 6.07 Å². The smallest absolute Gasteiger partial charge is 0.337 e. The molecule has 0 amide bonds. The van der Waals surface area contributed by atoms with Gasteiger partial charge in [0.15, 0.2) is 0 Å². The van der Waals surface area contributed by atoms with E-state index in [0.29, 0.717) is 12.0 Å². The summed E-state index contributed by atoms with van der Waals surface area (Å²) in [5.41, 5.74) is 1.20. The molecule has 0 aliphatic heterocycles. The first-order valence-corrected chi connectivity index (χ1v) is 6.48. The number of nitrogens with zero attached hydrogens (tertiary/aromatic N) is 2. The second-order valence-electron chi connectivity index (χ2n) is 5.40. The van der Waals surface area contributed by atoms with Crippen LogP contribution in [-0.4, -0.2) is 33.5 Å². The third kappa shape index (κ3) is 3.53. The lowest BCUT2D eigenvalue weighted by Crippen LogP contribution is -2.29. The van der Waals surface area contributed by atoms with E-state index in [1.54, 1.807) is 6.07 Å². The monoisotopic (exact) mass is 248 g/mol. The highest BCUT2D eigenvalue weighted by molar-refractivity contribution is 5.87. The maximum atomic E-state index is 10.7. The topological polar surface area (TPSA) is 53.4 Å². The molecule has 1 N–H and O–H groups in total. The summed E-state index contributed by atoms with van der Waals surface area (Å²) in [5.74, 6) is -0.279. The molecule has 1 saturated carbocycles. The van der Waals surface area contributed by atoms with Crippen LogP contribution in [0.1, 0.15) is 42.7 Å². The summed E-state index contributed by atoms with van der Waals surface area (Å²) in [4.78, 5) is 17.4. The SMILES string of the molecule is CC(C)CN(Cc1ccc(C(=O)O)cn1)C1CC1. The lowest BCUT2D eigenvalue weighted by Gasteiger charge is -2.23. The zero-order valence-corrected chi connectivity index (χ0v) is 11.0. The van der Waals surface area contributed by atoms with Gasteiger partial charge in [-0.2, -0.15) is 0 Å². The number of aromatic nitrogens is 1. The van der Waals surface area contributed by atoms with Crippen LogP contribution in [-0.2, 0) is 6.54 Å². The number of rotatable bonds is 6. The van der Waals surface area contributed by atoms with Gasteiger partial charge >= 0.3 is 5.97 Å². The molecular formula is C14H20N2O2. The van der Waals surface area contributed by atoms with Gasteiger partial charge in [0.05, 0.1) is 11.3 Å². The normalized spacial score (nSPS) is 15.3. The summed E-state index contributed by atoms with van der Waals surface area (Å²) >= 11 is 0. The van der Waals surface area contributed by atoms with Gasteiger partial charge in [0, 0.05) is 25.3 Å². The molecule has 0 spiro atoms. The lowest BCUT2D eigenvalue weighted by atomic mass is 10.2. The summed E-state index contributed by atoms with van der Waals surface area (Å²) in [6.45, 7) is 6.34. The van der Waals surface area contributed by atoms with E-state index in [1.165, 1.54) is 19.0 Å². The van der Waals surface area contributed by atoms with E-state index in [4.69, 9.17) is 5.11 Å². The van der Waals surface area contributed by atoms with Crippen molar-refractivity contribution in [2.45, 2.75) is 39.3 Å². The summed E-state index contributed by atoms with van der Waals surface area (Å²) in [5, 5.41) is 8.82. The van der Waals surface area contributed by atoms with Crippen molar-refractivity contribution in [3.63, 3.8) is 0 Å². The quantitative estimate of drug-likeness (QED) is 0.840. The van der Waals surface area contributed by atoms with E-state index in [9.17, 15) is 4.79 Å². The minimum absolute atomic E-state index is 0.251. The number of hydrogen-bond donors (Lipinski definition) is 1. The number of carboxylic acid groups (broad SMARTS) is 1. The zero-order chi connectivity index (χ0) is 13.1. The first-order valence-electron chi connectivity index (χ1n) is 6.48. The Bertz CT molecular complexity index is 410. The summed E-state index contributed by atoms with van der Waals surface area (Å²) in [6.07, 6.45) is 4.00. The Morgan fingerprint density at radius 2 is 2.22 bits per heavy atom. The van der Waals surface area contributed by atoms with Crippen LogP contribution in [0.3, 0.4) is 0 Å². The average molecular weight is 248 g/mol. The van der Waals surface area contributed by atoms with Crippen LogP contribution in [0.25, 0.3) is 0 Å². The van der Waals surface area contributed by atoms with Crippen molar-refractivity contribution >= 4 is 5.97 Å². The Balaban J connectivity index is 1.99. The van der Waals surface area contributed by atoms with Crippen molar-refractivity contribution in [2.75, 3.05) is 6.54 Å². The van der Waals surface area contributed by atoms with Crippen molar-refractivity contribution in [3.05, 3.63) is 29.6 Å². The van der Waals surface area contributed by atoms with Gasteiger partial charge < -0.3 is 5.11 Å². The van der Waals surface area contributed by atoms with Gasteiger partial charge in [0.25, 0.3) is 0 Å². The van der Waals surface area contributed by atoms with Gasteiger partial charge in [-0.3, -0.25) is 9.88 Å². The molecule has 98 valence electrons. The Morgan fingerprint density at radius 1 is 1.50 bits per heavy atom. The van der Waals surface area contributed by atoms with Crippen molar-refractivity contribution in [1.29, 1.82) is 0 Å². The molecule has 0 bridgehead atoms. The van der Waals surface area contributed by atoms with Crippen LogP contribution in [0.2, 0.25) is 0 Å². The minimum Gasteiger partial charge on any atom is -0.478 e. The second-order valence-corrected chi connectivity index (χ2v) is 5.40. The molecule has 2 rings (SSSR count). The highest BCUT2D eigenvalue weighted by atomic mass is 16.4. The van der Waals surface area contributed by atoms with E-state index < -0.39 is 5.97 Å². The second kappa shape index (κ2) is 5.48. The fraction of sp³-hybridized carbons (Fsp3) is 0.571. The summed E-state index contributed by atoms with van der Waals surface area (Å²) in [6, 6.07) is 4.15. The fourth-order valence-corrected chi connectivity index (χ4v) is 2.10. The Kier molecular flexibility index (Phi) is 3.97. The molecule has 4 heteroatoms. The van der Waals surface area contributed by atoms with Crippen molar-refractivity contribution < 1.29 is 9.90 Å². The molecule has 18 heavy (non-hydrogen) atoms. The molecule has 0 radical (unpaired) electrons. The Labute approximate surface area is 108 Å². The molecular weight excluding hydrogens is 228 g/mol. The first kappa shape index (κ1) is 13.0. The maximum absolute atomic E-state index is 10.7. The van der Waals surface area contributed by atoms with Crippen LogP contribution < -0.4 is 0 Å². The summed E-state index contributed by atoms with van der Waals surface area (Å²) < 4.78 is 0. The predicted molar refractivity (Wildman–Crippen MR) is 69.5 cm³/mol. The Hall–Kier alpha value is -1.42. The highest BCUT2D eigenvalue weighted by Gasteiger charge is 2.29.